The Kier molecular flexibility index (Phi) is 6.75. The normalized spacial score (nSPS) is 32.1. The van der Waals surface area contributed by atoms with Gasteiger partial charge in [-0.2, -0.15) is 0 Å². The highest BCUT2D eigenvalue weighted by molar-refractivity contribution is 6.04. The maximum Gasteiger partial charge on any atom is 0.250 e. The van der Waals surface area contributed by atoms with E-state index in [0.717, 1.165) is 23.6 Å². The molecule has 0 aliphatic carbocycles. The largest absolute Gasteiger partial charge is 0.396 e. The van der Waals surface area contributed by atoms with Gasteiger partial charge in [0.15, 0.2) is 0 Å². The number of carbonyl (C=O) groups is 3. The van der Waals surface area contributed by atoms with Crippen LogP contribution in [0.5, 0.6) is 0 Å². The minimum atomic E-state index is -1.05. The van der Waals surface area contributed by atoms with Gasteiger partial charge in [0.05, 0.1) is 17.4 Å². The van der Waals surface area contributed by atoms with Gasteiger partial charge in [-0.25, -0.2) is 0 Å². The molecule has 3 saturated heterocycles. The lowest BCUT2D eigenvalue weighted by Crippen LogP contribution is -2.54. The van der Waals surface area contributed by atoms with Crippen molar-refractivity contribution < 1.29 is 24.2 Å². The molecule has 3 aliphatic heterocycles. The second-order valence-electron chi connectivity index (χ2n) is 11.0. The van der Waals surface area contributed by atoms with Crippen LogP contribution in [0.1, 0.15) is 46.0 Å². The van der Waals surface area contributed by atoms with E-state index < -0.39 is 29.1 Å². The molecule has 1 spiro atoms. The van der Waals surface area contributed by atoms with Crippen molar-refractivity contribution in [2.75, 3.05) is 25.5 Å². The van der Waals surface area contributed by atoms with E-state index >= 15 is 0 Å². The molecule has 8 nitrogen and oxygen atoms in total. The van der Waals surface area contributed by atoms with E-state index in [1.807, 2.05) is 56.3 Å². The molecule has 8 heteroatoms. The van der Waals surface area contributed by atoms with E-state index in [0.29, 0.717) is 31.5 Å². The van der Waals surface area contributed by atoms with Crippen molar-refractivity contribution in [2.24, 2.45) is 17.8 Å². The number of hydrogen-bond donors (Lipinski definition) is 3. The Morgan fingerprint density at radius 2 is 1.81 bits per heavy atom. The fourth-order valence-electron chi connectivity index (χ4n) is 7.06. The number of anilines is 1. The van der Waals surface area contributed by atoms with Crippen LogP contribution in [0.25, 0.3) is 10.8 Å². The molecular weight excluding hydrogens is 470 g/mol. The van der Waals surface area contributed by atoms with Crippen LogP contribution >= 0.6 is 0 Å². The number of nitrogens with one attached hydrogen (secondary N) is 2. The van der Waals surface area contributed by atoms with Crippen LogP contribution in [-0.2, 0) is 19.1 Å². The molecular formula is C29H37N3O5. The number of aliphatic hydroxyl groups excluding tert-OH is 1. The summed E-state index contributed by atoms with van der Waals surface area (Å²) in [4.78, 5) is 42.7. The SMILES string of the molecule is CNC(=O)[C@@H]1[C@H]2C(=O)N(CCCCCCO)C(C(=O)Nc3ccc4ccccc4c3)C23CC(C)[C@@]1(C)O3. The summed E-state index contributed by atoms with van der Waals surface area (Å²) in [6.45, 7) is 4.51. The highest BCUT2D eigenvalue weighted by Crippen LogP contribution is 2.65. The van der Waals surface area contributed by atoms with Gasteiger partial charge in [0.1, 0.15) is 11.6 Å². The maximum atomic E-state index is 14.0. The van der Waals surface area contributed by atoms with Crippen molar-refractivity contribution in [2.45, 2.75) is 63.2 Å². The lowest BCUT2D eigenvalue weighted by atomic mass is 9.62. The first-order valence-corrected chi connectivity index (χ1v) is 13.4. The fraction of sp³-hybridized carbons (Fsp3) is 0.552. The first-order valence-electron chi connectivity index (χ1n) is 13.4. The van der Waals surface area contributed by atoms with Crippen molar-refractivity contribution in [3.8, 4) is 0 Å². The van der Waals surface area contributed by atoms with Gasteiger partial charge in [0, 0.05) is 25.9 Å². The van der Waals surface area contributed by atoms with Gasteiger partial charge >= 0.3 is 0 Å². The second kappa shape index (κ2) is 9.72. The molecule has 5 rings (SSSR count). The Morgan fingerprint density at radius 1 is 1.08 bits per heavy atom. The number of carbonyl (C=O) groups excluding carboxylic acids is 3. The number of hydrogen-bond acceptors (Lipinski definition) is 5. The lowest BCUT2D eigenvalue weighted by molar-refractivity contribution is -0.146. The van der Waals surface area contributed by atoms with Crippen LogP contribution in [0.4, 0.5) is 5.69 Å². The number of likely N-dealkylation sites (tertiary alicyclic amines) is 1. The number of amides is 3. The minimum absolute atomic E-state index is 0.0133. The van der Waals surface area contributed by atoms with Crippen molar-refractivity contribution >= 4 is 34.2 Å². The van der Waals surface area contributed by atoms with Crippen LogP contribution in [0, 0.1) is 17.8 Å². The molecule has 198 valence electrons. The molecule has 2 aromatic carbocycles. The van der Waals surface area contributed by atoms with E-state index in [1.165, 1.54) is 0 Å². The molecule has 0 aromatic heterocycles. The molecule has 3 N–H and O–H groups in total. The van der Waals surface area contributed by atoms with Crippen LogP contribution < -0.4 is 10.6 Å². The Balaban J connectivity index is 1.48. The van der Waals surface area contributed by atoms with Gasteiger partial charge in [-0.3, -0.25) is 14.4 Å². The average Bonchev–Trinajstić information content (AvgIpc) is 3.40. The highest BCUT2D eigenvalue weighted by atomic mass is 16.5. The van der Waals surface area contributed by atoms with E-state index in [1.54, 1.807) is 11.9 Å². The molecule has 37 heavy (non-hydrogen) atoms. The van der Waals surface area contributed by atoms with E-state index in [9.17, 15) is 14.4 Å². The zero-order chi connectivity index (χ0) is 26.4. The molecule has 3 aliphatic rings. The topological polar surface area (TPSA) is 108 Å². The number of nitrogens with zero attached hydrogens (tertiary/aromatic N) is 1. The average molecular weight is 508 g/mol. The molecule has 0 saturated carbocycles. The monoisotopic (exact) mass is 507 g/mol. The summed E-state index contributed by atoms with van der Waals surface area (Å²) in [5.74, 6) is -2.00. The summed E-state index contributed by atoms with van der Waals surface area (Å²) in [5, 5.41) is 17.0. The molecule has 3 unspecified atom stereocenters. The van der Waals surface area contributed by atoms with Gasteiger partial charge in [-0.15, -0.1) is 0 Å². The van der Waals surface area contributed by atoms with Crippen LogP contribution in [0.2, 0.25) is 0 Å². The summed E-state index contributed by atoms with van der Waals surface area (Å²) >= 11 is 0. The van der Waals surface area contributed by atoms with Crippen LogP contribution in [0.3, 0.4) is 0 Å². The Bertz CT molecular complexity index is 1220. The quantitative estimate of drug-likeness (QED) is 0.452. The Morgan fingerprint density at radius 3 is 2.54 bits per heavy atom. The summed E-state index contributed by atoms with van der Waals surface area (Å²) in [7, 11) is 1.58. The van der Waals surface area contributed by atoms with Crippen molar-refractivity contribution in [1.82, 2.24) is 10.2 Å². The summed E-state index contributed by atoms with van der Waals surface area (Å²) in [5.41, 5.74) is -1.20. The number of aliphatic hydroxyl groups is 1. The molecule has 3 fully saturated rings. The van der Waals surface area contributed by atoms with E-state index in [2.05, 4.69) is 10.6 Å². The predicted molar refractivity (Wildman–Crippen MR) is 141 cm³/mol. The summed E-state index contributed by atoms with van der Waals surface area (Å²) in [6.07, 6.45) is 3.67. The number of rotatable bonds is 9. The van der Waals surface area contributed by atoms with E-state index in [4.69, 9.17) is 9.84 Å². The van der Waals surface area contributed by atoms with Crippen LogP contribution in [-0.4, -0.2) is 65.2 Å². The zero-order valence-corrected chi connectivity index (χ0v) is 21.8. The molecule has 2 aromatic rings. The van der Waals surface area contributed by atoms with Crippen molar-refractivity contribution in [3.05, 3.63) is 42.5 Å². The third-order valence-corrected chi connectivity index (χ3v) is 8.92. The first kappa shape index (κ1) is 25.7. The third kappa shape index (κ3) is 4.01. The summed E-state index contributed by atoms with van der Waals surface area (Å²) in [6, 6.07) is 12.9. The Hall–Kier alpha value is -2.97. The van der Waals surface area contributed by atoms with Gasteiger partial charge in [-0.1, -0.05) is 50.1 Å². The number of benzene rings is 2. The lowest BCUT2D eigenvalue weighted by Gasteiger charge is -2.36. The predicted octanol–water partition coefficient (Wildman–Crippen LogP) is 3.09. The highest BCUT2D eigenvalue weighted by Gasteiger charge is 2.79. The molecule has 3 amide bonds. The second-order valence-corrected chi connectivity index (χ2v) is 11.0. The summed E-state index contributed by atoms with van der Waals surface area (Å²) < 4.78 is 6.69. The Labute approximate surface area is 217 Å². The third-order valence-electron chi connectivity index (χ3n) is 8.92. The first-order chi connectivity index (χ1) is 17.8. The van der Waals surface area contributed by atoms with Crippen molar-refractivity contribution in [3.63, 3.8) is 0 Å². The molecule has 3 heterocycles. The standard InChI is InChI=1S/C29H37N3O5/c1-18-17-29-23(22(25(34)30-3)28(18,2)37-29)27(36)32(14-8-4-5-9-15-33)24(29)26(35)31-21-13-12-19-10-6-7-11-20(19)16-21/h6-7,10-13,16,18,22-24,33H,4-5,8-9,14-15,17H2,1-3H3,(H,30,34)(H,31,35)/t18?,22-,23-,24?,28+,29?/m0/s1. The van der Waals surface area contributed by atoms with Crippen LogP contribution in [0.15, 0.2) is 42.5 Å². The van der Waals surface area contributed by atoms with E-state index in [-0.39, 0.29) is 30.2 Å². The number of ether oxygens (including phenoxy) is 1. The van der Waals surface area contributed by atoms with Crippen molar-refractivity contribution in [1.29, 1.82) is 0 Å². The molecule has 2 bridgehead atoms. The van der Waals surface area contributed by atoms with Gasteiger partial charge < -0.3 is 25.4 Å². The molecule has 0 radical (unpaired) electrons. The molecule has 6 atom stereocenters. The van der Waals surface area contributed by atoms with Gasteiger partial charge in [0.2, 0.25) is 17.7 Å². The smallest absolute Gasteiger partial charge is 0.250 e. The zero-order valence-electron chi connectivity index (χ0n) is 21.8. The fourth-order valence-corrected chi connectivity index (χ4v) is 7.06. The van der Waals surface area contributed by atoms with Gasteiger partial charge in [-0.05, 0) is 55.0 Å². The number of unbranched alkanes of at least 4 members (excludes halogenated alkanes) is 3. The number of fused-ring (bicyclic) bond motifs is 2. The minimum Gasteiger partial charge on any atom is -0.396 e. The maximum absolute atomic E-state index is 14.0. The van der Waals surface area contributed by atoms with Gasteiger partial charge in [0.25, 0.3) is 0 Å².